The van der Waals surface area contributed by atoms with E-state index < -0.39 is 11.3 Å². The number of H-pyrrole nitrogens is 1. The first-order valence-electron chi connectivity index (χ1n) is 7.60. The molecule has 0 spiro atoms. The Labute approximate surface area is 127 Å². The zero-order chi connectivity index (χ0) is 15.7. The van der Waals surface area contributed by atoms with Crippen LogP contribution >= 0.6 is 0 Å². The van der Waals surface area contributed by atoms with Crippen LogP contribution in [-0.4, -0.2) is 31.5 Å². The van der Waals surface area contributed by atoms with Gasteiger partial charge in [0.05, 0.1) is 12.1 Å². The molecule has 0 aromatic carbocycles. The number of carbonyl (C=O) groups is 2. The Morgan fingerprint density at radius 2 is 2.14 bits per heavy atom. The van der Waals surface area contributed by atoms with Crippen LogP contribution in [-0.2, 0) is 4.79 Å². The van der Waals surface area contributed by atoms with E-state index in [2.05, 4.69) is 33.8 Å². The highest BCUT2D eigenvalue weighted by Crippen LogP contribution is 2.66. The van der Waals surface area contributed by atoms with Crippen LogP contribution < -0.4 is 0 Å². The van der Waals surface area contributed by atoms with Crippen molar-refractivity contribution in [3.63, 3.8) is 0 Å². The fourth-order valence-electron chi connectivity index (χ4n) is 4.41. The highest BCUT2D eigenvalue weighted by molar-refractivity contribution is 6.13. The van der Waals surface area contributed by atoms with E-state index in [1.807, 2.05) is 6.92 Å². The molecule has 0 aliphatic heterocycles. The highest BCUT2D eigenvalue weighted by Gasteiger charge is 2.68. The number of Topliss-reactive ketones (excluding diaryl/α,β-unsaturated/α-hetero) is 2. The van der Waals surface area contributed by atoms with Gasteiger partial charge in [-0.05, 0) is 24.2 Å². The first kappa shape index (κ1) is 13.5. The van der Waals surface area contributed by atoms with Gasteiger partial charge in [-0.1, -0.05) is 20.8 Å². The summed E-state index contributed by atoms with van der Waals surface area (Å²) in [4.78, 5) is 40.9. The number of nitrogens with one attached hydrogen (secondary N) is 1. The van der Waals surface area contributed by atoms with Crippen molar-refractivity contribution < 1.29 is 9.59 Å². The number of ketones is 2. The topological polar surface area (TPSA) is 88.6 Å². The van der Waals surface area contributed by atoms with E-state index in [0.29, 0.717) is 11.2 Å². The Balaban J connectivity index is 1.76. The molecule has 0 amide bonds. The van der Waals surface area contributed by atoms with Gasteiger partial charge in [-0.15, -0.1) is 0 Å². The summed E-state index contributed by atoms with van der Waals surface area (Å²) in [7, 11) is 0. The number of fused-ring (bicyclic) bond motifs is 3. The maximum absolute atomic E-state index is 12.9. The fourth-order valence-corrected chi connectivity index (χ4v) is 4.41. The quantitative estimate of drug-likeness (QED) is 0.678. The Bertz CT molecular complexity index is 776. The third-order valence-electron chi connectivity index (χ3n) is 6.21. The van der Waals surface area contributed by atoms with Gasteiger partial charge in [0.25, 0.3) is 0 Å². The van der Waals surface area contributed by atoms with Crippen molar-refractivity contribution in [3.05, 3.63) is 18.3 Å². The van der Waals surface area contributed by atoms with E-state index in [9.17, 15) is 9.59 Å². The predicted octanol–water partition coefficient (Wildman–Crippen LogP) is 2.18. The molecular weight excluding hydrogens is 280 g/mol. The molecule has 2 aliphatic rings. The standard InChI is InChI=1S/C16H18N4O2/c1-15(2)8-4-5-16(15,3)12(22)10(8)11(21)14-19-9-6-17-7-18-13(9)20-14/h6-8,10H,4-5H2,1-3H3,(H,17,18,19,20). The molecule has 114 valence electrons. The summed E-state index contributed by atoms with van der Waals surface area (Å²) in [5.74, 6) is -0.394. The first-order valence-corrected chi connectivity index (χ1v) is 7.60. The van der Waals surface area contributed by atoms with E-state index in [-0.39, 0.29) is 28.7 Å². The monoisotopic (exact) mass is 298 g/mol. The predicted molar refractivity (Wildman–Crippen MR) is 79.1 cm³/mol. The number of imidazole rings is 1. The lowest BCUT2D eigenvalue weighted by Gasteiger charge is -2.32. The van der Waals surface area contributed by atoms with Gasteiger partial charge in [0.2, 0.25) is 5.78 Å². The van der Waals surface area contributed by atoms with Crippen LogP contribution in [0.3, 0.4) is 0 Å². The number of carbonyl (C=O) groups excluding carboxylic acids is 2. The number of hydrogen-bond donors (Lipinski definition) is 1. The van der Waals surface area contributed by atoms with Gasteiger partial charge in [0.15, 0.2) is 17.3 Å². The molecule has 1 N–H and O–H groups in total. The van der Waals surface area contributed by atoms with Crippen LogP contribution in [0.15, 0.2) is 12.5 Å². The minimum atomic E-state index is -0.581. The maximum Gasteiger partial charge on any atom is 0.208 e. The summed E-state index contributed by atoms with van der Waals surface area (Å²) in [5, 5.41) is 0. The average Bonchev–Trinajstić information content (AvgIpc) is 3.05. The van der Waals surface area contributed by atoms with Crippen molar-refractivity contribution >= 4 is 22.7 Å². The SMILES string of the molecule is CC12CCC(C(C(=O)c3nc4ncncc4[nH]3)C1=O)C2(C)C. The summed E-state index contributed by atoms with van der Waals surface area (Å²) in [6.07, 6.45) is 4.77. The van der Waals surface area contributed by atoms with Crippen LogP contribution in [0, 0.1) is 22.7 Å². The van der Waals surface area contributed by atoms with Crippen molar-refractivity contribution in [1.29, 1.82) is 0 Å². The number of aromatic nitrogens is 4. The molecule has 3 unspecified atom stereocenters. The van der Waals surface area contributed by atoms with Gasteiger partial charge in [-0.2, -0.15) is 0 Å². The zero-order valence-corrected chi connectivity index (χ0v) is 12.9. The molecule has 6 nitrogen and oxygen atoms in total. The maximum atomic E-state index is 12.9. The van der Waals surface area contributed by atoms with Gasteiger partial charge in [0, 0.05) is 5.41 Å². The van der Waals surface area contributed by atoms with Gasteiger partial charge < -0.3 is 4.98 Å². The summed E-state index contributed by atoms with van der Waals surface area (Å²) in [5.41, 5.74) is 0.534. The highest BCUT2D eigenvalue weighted by atomic mass is 16.2. The van der Waals surface area contributed by atoms with E-state index in [0.717, 1.165) is 12.8 Å². The molecule has 22 heavy (non-hydrogen) atoms. The van der Waals surface area contributed by atoms with Crippen LogP contribution in [0.5, 0.6) is 0 Å². The third kappa shape index (κ3) is 1.42. The second-order valence-corrected chi connectivity index (χ2v) is 7.25. The van der Waals surface area contributed by atoms with Gasteiger partial charge in [0.1, 0.15) is 11.8 Å². The number of aromatic amines is 1. The molecule has 0 radical (unpaired) electrons. The minimum absolute atomic E-state index is 0.0743. The molecule has 2 bridgehead atoms. The average molecular weight is 298 g/mol. The van der Waals surface area contributed by atoms with E-state index in [1.165, 1.54) is 6.33 Å². The third-order valence-corrected chi connectivity index (χ3v) is 6.21. The summed E-state index contributed by atoms with van der Waals surface area (Å²) < 4.78 is 0. The molecule has 0 saturated heterocycles. The lowest BCUT2D eigenvalue weighted by atomic mass is 9.70. The minimum Gasteiger partial charge on any atom is -0.333 e. The smallest absolute Gasteiger partial charge is 0.208 e. The second-order valence-electron chi connectivity index (χ2n) is 7.25. The summed E-state index contributed by atoms with van der Waals surface area (Å²) in [6, 6.07) is 0. The largest absolute Gasteiger partial charge is 0.333 e. The van der Waals surface area contributed by atoms with Crippen molar-refractivity contribution in [2.24, 2.45) is 22.7 Å². The van der Waals surface area contributed by atoms with E-state index >= 15 is 0 Å². The zero-order valence-electron chi connectivity index (χ0n) is 12.9. The lowest BCUT2D eigenvalue weighted by Crippen LogP contribution is -2.35. The Morgan fingerprint density at radius 1 is 1.36 bits per heavy atom. The molecule has 2 fully saturated rings. The van der Waals surface area contributed by atoms with Crippen molar-refractivity contribution in [2.45, 2.75) is 33.6 Å². The van der Waals surface area contributed by atoms with Crippen LogP contribution in [0.1, 0.15) is 44.2 Å². The molecule has 2 aromatic rings. The van der Waals surface area contributed by atoms with Crippen LogP contribution in [0.25, 0.3) is 11.2 Å². The normalized spacial score (nSPS) is 32.8. The molecule has 2 saturated carbocycles. The molecular formula is C16H18N4O2. The van der Waals surface area contributed by atoms with E-state index in [1.54, 1.807) is 6.20 Å². The number of rotatable bonds is 2. The fraction of sp³-hybridized carbons (Fsp3) is 0.562. The summed E-state index contributed by atoms with van der Waals surface area (Å²) >= 11 is 0. The molecule has 3 atom stereocenters. The Kier molecular flexibility index (Phi) is 2.46. The molecule has 6 heteroatoms. The van der Waals surface area contributed by atoms with Crippen LogP contribution in [0.2, 0.25) is 0 Å². The molecule has 2 heterocycles. The van der Waals surface area contributed by atoms with Crippen molar-refractivity contribution in [3.8, 4) is 0 Å². The molecule has 2 aliphatic carbocycles. The second kappa shape index (κ2) is 4.00. The van der Waals surface area contributed by atoms with Crippen LogP contribution in [0.4, 0.5) is 0 Å². The van der Waals surface area contributed by atoms with Gasteiger partial charge in [-0.3, -0.25) is 9.59 Å². The Morgan fingerprint density at radius 3 is 2.77 bits per heavy atom. The van der Waals surface area contributed by atoms with Gasteiger partial charge >= 0.3 is 0 Å². The Hall–Kier alpha value is -2.11. The van der Waals surface area contributed by atoms with Gasteiger partial charge in [-0.25, -0.2) is 15.0 Å². The summed E-state index contributed by atoms with van der Waals surface area (Å²) in [6.45, 7) is 6.23. The van der Waals surface area contributed by atoms with Crippen molar-refractivity contribution in [1.82, 2.24) is 19.9 Å². The molecule has 4 rings (SSSR count). The number of hydrogen-bond acceptors (Lipinski definition) is 5. The number of nitrogens with zero attached hydrogens (tertiary/aromatic N) is 3. The molecule has 2 aromatic heterocycles. The van der Waals surface area contributed by atoms with Crippen molar-refractivity contribution in [2.75, 3.05) is 0 Å². The lowest BCUT2D eigenvalue weighted by molar-refractivity contribution is -0.130. The first-order chi connectivity index (χ1) is 10.4. The van der Waals surface area contributed by atoms with E-state index in [4.69, 9.17) is 0 Å².